The van der Waals surface area contributed by atoms with E-state index in [2.05, 4.69) is 25.6 Å². The summed E-state index contributed by atoms with van der Waals surface area (Å²) in [5.41, 5.74) is 0.838. The van der Waals surface area contributed by atoms with Crippen molar-refractivity contribution < 1.29 is 27.0 Å². The van der Waals surface area contributed by atoms with Crippen molar-refractivity contribution in [2.75, 3.05) is 23.7 Å². The lowest BCUT2D eigenvalue weighted by Gasteiger charge is -2.23. The van der Waals surface area contributed by atoms with Crippen LogP contribution in [0.1, 0.15) is 26.7 Å². The normalized spacial score (nSPS) is 21.0. The smallest absolute Gasteiger partial charge is 0.391 e. The summed E-state index contributed by atoms with van der Waals surface area (Å²) in [7, 11) is 0. The zero-order valence-corrected chi connectivity index (χ0v) is 17.2. The fraction of sp³-hybridized carbons (Fsp3) is 0.688. The van der Waals surface area contributed by atoms with Gasteiger partial charge in [0.2, 0.25) is 5.95 Å². The van der Waals surface area contributed by atoms with Gasteiger partial charge >= 0.3 is 6.18 Å². The molecule has 0 aliphatic carbocycles. The Labute approximate surface area is 173 Å². The number of hydrogen-bond acceptors (Lipinski definition) is 8. The van der Waals surface area contributed by atoms with Gasteiger partial charge in [0.25, 0.3) is 0 Å². The van der Waals surface area contributed by atoms with Gasteiger partial charge in [-0.15, -0.1) is 0 Å². The van der Waals surface area contributed by atoms with E-state index in [0.29, 0.717) is 30.7 Å². The van der Waals surface area contributed by atoms with Gasteiger partial charge in [-0.1, -0.05) is 0 Å². The minimum atomic E-state index is -4.48. The molecule has 168 valence electrons. The highest BCUT2D eigenvalue weighted by atomic mass is 32.2. The number of halogens is 3. The van der Waals surface area contributed by atoms with Crippen molar-refractivity contribution in [3.8, 4) is 0 Å². The first-order valence-electron chi connectivity index (χ1n) is 9.42. The largest absolute Gasteiger partial charge is 0.760 e. The van der Waals surface area contributed by atoms with Gasteiger partial charge in [-0.3, -0.25) is 4.21 Å². The van der Waals surface area contributed by atoms with Crippen LogP contribution in [-0.2, 0) is 17.8 Å². The summed E-state index contributed by atoms with van der Waals surface area (Å²) >= 11 is -2.33. The number of aryl methyl sites for hydroxylation is 1. The van der Waals surface area contributed by atoms with E-state index in [-0.39, 0.29) is 24.4 Å². The summed E-state index contributed by atoms with van der Waals surface area (Å²) < 4.78 is 63.9. The van der Waals surface area contributed by atoms with Crippen LogP contribution < -0.4 is 10.6 Å². The molecule has 0 amide bonds. The first-order chi connectivity index (χ1) is 14.1. The lowest BCUT2D eigenvalue weighted by molar-refractivity contribution is -0.141. The van der Waals surface area contributed by atoms with Crippen LogP contribution in [0, 0.1) is 0 Å². The third-order valence-corrected chi connectivity index (χ3v) is 5.61. The molecule has 1 aliphatic heterocycles. The Morgan fingerprint density at radius 1 is 1.43 bits per heavy atom. The first-order valence-corrected chi connectivity index (χ1v) is 10.5. The van der Waals surface area contributed by atoms with Gasteiger partial charge in [0, 0.05) is 36.9 Å². The Balaban J connectivity index is 1.90. The number of nitrogens with zero attached hydrogens (tertiary/aromatic N) is 5. The zero-order chi connectivity index (χ0) is 22.1. The zero-order valence-electron chi connectivity index (χ0n) is 16.4. The molecule has 3 rings (SSSR count). The number of hydrogen-bond donors (Lipinski definition) is 3. The van der Waals surface area contributed by atoms with E-state index < -0.39 is 36.0 Å². The van der Waals surface area contributed by atoms with Crippen molar-refractivity contribution in [2.24, 2.45) is 0 Å². The molecule has 0 spiro atoms. The van der Waals surface area contributed by atoms with Gasteiger partial charge in [0.15, 0.2) is 17.0 Å². The number of nitrogens with one attached hydrogen (secondary N) is 2. The van der Waals surface area contributed by atoms with Crippen molar-refractivity contribution in [1.82, 2.24) is 23.8 Å². The Kier molecular flexibility index (Phi) is 6.79. The molecule has 4 unspecified atom stereocenters. The molecule has 0 saturated carbocycles. The maximum absolute atomic E-state index is 12.9. The van der Waals surface area contributed by atoms with Crippen molar-refractivity contribution in [3.63, 3.8) is 0 Å². The summed E-state index contributed by atoms with van der Waals surface area (Å²) in [6.07, 6.45) is -4.94. The molecule has 3 heterocycles. The number of rotatable bonds is 8. The van der Waals surface area contributed by atoms with Crippen molar-refractivity contribution in [2.45, 2.75) is 57.6 Å². The van der Waals surface area contributed by atoms with Crippen LogP contribution in [0.25, 0.3) is 11.2 Å². The molecule has 3 N–H and O–H groups in total. The Morgan fingerprint density at radius 3 is 2.73 bits per heavy atom. The third kappa shape index (κ3) is 5.36. The van der Waals surface area contributed by atoms with Gasteiger partial charge in [-0.25, -0.2) is 9.29 Å². The molecule has 10 nitrogen and oxygen atoms in total. The van der Waals surface area contributed by atoms with Crippen LogP contribution >= 0.6 is 0 Å². The molecule has 0 aromatic carbocycles. The lowest BCUT2D eigenvalue weighted by atomic mass is 10.1. The van der Waals surface area contributed by atoms with Gasteiger partial charge in [-0.05, 0) is 20.3 Å². The molecule has 1 fully saturated rings. The quantitative estimate of drug-likeness (QED) is 0.512. The Bertz CT molecular complexity index is 908. The number of imidazole rings is 1. The summed E-state index contributed by atoms with van der Waals surface area (Å²) in [5.74, 6) is 0.201. The molecule has 1 saturated heterocycles. The van der Waals surface area contributed by atoms with Crippen molar-refractivity contribution in [3.05, 3.63) is 6.33 Å². The van der Waals surface area contributed by atoms with E-state index in [4.69, 9.17) is 0 Å². The second-order valence-electron chi connectivity index (χ2n) is 7.14. The molecule has 2 aromatic rings. The van der Waals surface area contributed by atoms with E-state index >= 15 is 0 Å². The summed E-state index contributed by atoms with van der Waals surface area (Å²) in [5, 5.41) is 15.5. The van der Waals surface area contributed by atoms with E-state index in [1.54, 1.807) is 10.9 Å². The van der Waals surface area contributed by atoms with Gasteiger partial charge in [0.1, 0.15) is 0 Å². The van der Waals surface area contributed by atoms with Crippen LogP contribution in [0.4, 0.5) is 24.9 Å². The minimum absolute atomic E-state index is 0.0856. The highest BCUT2D eigenvalue weighted by Crippen LogP contribution is 2.27. The third-order valence-electron chi connectivity index (χ3n) is 4.86. The Morgan fingerprint density at radius 2 is 2.17 bits per heavy atom. The van der Waals surface area contributed by atoms with Crippen molar-refractivity contribution >= 4 is 34.2 Å². The summed E-state index contributed by atoms with van der Waals surface area (Å²) in [6.45, 7) is 4.24. The van der Waals surface area contributed by atoms with Gasteiger partial charge in [-0.2, -0.15) is 23.1 Å². The fourth-order valence-corrected chi connectivity index (χ4v) is 3.83. The number of aliphatic hydroxyl groups is 1. The van der Waals surface area contributed by atoms with E-state index in [1.807, 2.05) is 6.92 Å². The average Bonchev–Trinajstić information content (AvgIpc) is 3.26. The number of aliphatic hydroxyl groups excluding tert-OH is 1. The molecule has 2 aromatic heterocycles. The van der Waals surface area contributed by atoms with E-state index in [0.717, 1.165) is 0 Å². The molecular formula is C16H23F3N7O3S-. The molecule has 30 heavy (non-hydrogen) atoms. The molecule has 0 radical (unpaired) electrons. The fourth-order valence-electron chi connectivity index (χ4n) is 3.27. The standard InChI is InChI=1S/C16H24F3N7O3S/c1-3-25-8-20-12-13(21-10-4-5-26(7-10)30(28)29)23-15(24-14(12)25)22-11(9(2)27)6-16(17,18)19/h8-11,27H,3-7H2,1-2H3,(H,28,29)(H2,21,22,23,24)/p-1. The van der Waals surface area contributed by atoms with Crippen LogP contribution in [0.15, 0.2) is 6.33 Å². The Hall–Kier alpha value is -2.03. The highest BCUT2D eigenvalue weighted by molar-refractivity contribution is 7.76. The molecule has 0 bridgehead atoms. The van der Waals surface area contributed by atoms with Crippen LogP contribution in [-0.4, -0.2) is 75.1 Å². The second-order valence-corrected chi connectivity index (χ2v) is 8.10. The topological polar surface area (TPSA) is 131 Å². The SMILES string of the molecule is CCn1cnc2c(NC3CCN(S(=O)[O-])C3)nc(NC(CC(F)(F)F)C(C)O)nc21. The highest BCUT2D eigenvalue weighted by Gasteiger charge is 2.34. The lowest BCUT2D eigenvalue weighted by Crippen LogP contribution is -2.36. The van der Waals surface area contributed by atoms with Crippen LogP contribution in [0.5, 0.6) is 0 Å². The minimum Gasteiger partial charge on any atom is -0.760 e. The van der Waals surface area contributed by atoms with Crippen molar-refractivity contribution in [1.29, 1.82) is 0 Å². The number of fused-ring (bicyclic) bond motifs is 1. The predicted molar refractivity (Wildman–Crippen MR) is 103 cm³/mol. The maximum Gasteiger partial charge on any atom is 0.391 e. The molecule has 1 aliphatic rings. The first kappa shape index (κ1) is 22.7. The van der Waals surface area contributed by atoms with E-state index in [1.165, 1.54) is 11.2 Å². The molecule has 14 heteroatoms. The van der Waals surface area contributed by atoms with Gasteiger partial charge < -0.3 is 24.9 Å². The number of alkyl halides is 3. The summed E-state index contributed by atoms with van der Waals surface area (Å²) in [4.78, 5) is 12.8. The average molecular weight is 450 g/mol. The van der Waals surface area contributed by atoms with E-state index in [9.17, 15) is 27.0 Å². The van der Waals surface area contributed by atoms with Crippen LogP contribution in [0.3, 0.4) is 0 Å². The van der Waals surface area contributed by atoms with Gasteiger partial charge in [0.05, 0.1) is 24.9 Å². The number of anilines is 2. The number of aromatic nitrogens is 4. The van der Waals surface area contributed by atoms with Crippen LogP contribution in [0.2, 0.25) is 0 Å². The second kappa shape index (κ2) is 8.99. The molecular weight excluding hydrogens is 427 g/mol. The monoisotopic (exact) mass is 450 g/mol. The summed E-state index contributed by atoms with van der Waals surface area (Å²) in [6, 6.07) is -1.57. The molecule has 4 atom stereocenters. The maximum atomic E-state index is 12.9. The predicted octanol–water partition coefficient (Wildman–Crippen LogP) is 1.24.